The Balaban J connectivity index is 2.04. The van der Waals surface area contributed by atoms with E-state index in [1.807, 2.05) is 12.3 Å². The second kappa shape index (κ2) is 3.93. The molecule has 0 amide bonds. The molecule has 0 radical (unpaired) electrons. The first-order valence-electron chi connectivity index (χ1n) is 5.61. The number of pyridine rings is 1. The van der Waals surface area contributed by atoms with Gasteiger partial charge in [-0.05, 0) is 18.1 Å². The highest BCUT2D eigenvalue weighted by Crippen LogP contribution is 2.31. The van der Waals surface area contributed by atoms with Crippen LogP contribution in [0.25, 0.3) is 5.57 Å². The summed E-state index contributed by atoms with van der Waals surface area (Å²) in [6.07, 6.45) is 17.9. The average molecular weight is 207 g/mol. The second-order valence-electron chi connectivity index (χ2n) is 4.06. The van der Waals surface area contributed by atoms with Gasteiger partial charge in [0.05, 0.1) is 5.69 Å². The van der Waals surface area contributed by atoms with E-state index < -0.39 is 0 Å². The van der Waals surface area contributed by atoms with E-state index in [0.717, 1.165) is 6.42 Å². The van der Waals surface area contributed by atoms with E-state index in [1.165, 1.54) is 16.8 Å². The van der Waals surface area contributed by atoms with Crippen molar-refractivity contribution in [3.05, 3.63) is 72.1 Å². The molecule has 16 heavy (non-hydrogen) atoms. The Hall–Kier alpha value is -1.89. The summed E-state index contributed by atoms with van der Waals surface area (Å²) >= 11 is 0. The van der Waals surface area contributed by atoms with Gasteiger partial charge in [-0.25, -0.2) is 0 Å². The van der Waals surface area contributed by atoms with E-state index in [4.69, 9.17) is 0 Å². The topological polar surface area (TPSA) is 12.9 Å². The van der Waals surface area contributed by atoms with Gasteiger partial charge in [0.1, 0.15) is 0 Å². The lowest BCUT2D eigenvalue weighted by atomic mass is 9.96. The highest BCUT2D eigenvalue weighted by molar-refractivity contribution is 5.73. The lowest BCUT2D eigenvalue weighted by molar-refractivity contribution is 0.994. The summed E-state index contributed by atoms with van der Waals surface area (Å²) < 4.78 is 0. The Kier molecular flexibility index (Phi) is 2.30. The van der Waals surface area contributed by atoms with Crippen LogP contribution in [0, 0.1) is 0 Å². The number of nitrogens with zero attached hydrogens (tertiary/aromatic N) is 1. The molecule has 1 heteroatoms. The standard InChI is InChI=1S/C15H13N/c1-2-7-12(6-1)14-10-5-11-16-15(14)13-8-3-4-9-13/h1-6,8-11,13H,7H2. The van der Waals surface area contributed by atoms with Crippen LogP contribution >= 0.6 is 0 Å². The molecule has 2 aliphatic rings. The minimum atomic E-state index is 0.345. The van der Waals surface area contributed by atoms with E-state index >= 15 is 0 Å². The van der Waals surface area contributed by atoms with Crippen molar-refractivity contribution in [2.45, 2.75) is 12.3 Å². The molecule has 0 N–H and O–H groups in total. The van der Waals surface area contributed by atoms with E-state index in [9.17, 15) is 0 Å². The number of hydrogen-bond donors (Lipinski definition) is 0. The molecule has 0 unspecified atom stereocenters. The van der Waals surface area contributed by atoms with Crippen LogP contribution in [-0.4, -0.2) is 4.98 Å². The maximum Gasteiger partial charge on any atom is 0.0585 e. The molecular weight excluding hydrogens is 194 g/mol. The number of rotatable bonds is 2. The Morgan fingerprint density at radius 1 is 1.12 bits per heavy atom. The predicted molar refractivity (Wildman–Crippen MR) is 67.0 cm³/mol. The van der Waals surface area contributed by atoms with Crippen molar-refractivity contribution in [1.82, 2.24) is 4.98 Å². The third kappa shape index (κ3) is 1.54. The van der Waals surface area contributed by atoms with Gasteiger partial charge in [-0.15, -0.1) is 0 Å². The molecule has 0 saturated carbocycles. The molecule has 0 bridgehead atoms. The van der Waals surface area contributed by atoms with Crippen LogP contribution in [0.3, 0.4) is 0 Å². The number of aromatic nitrogens is 1. The highest BCUT2D eigenvalue weighted by Gasteiger charge is 2.15. The molecule has 1 nitrogen and oxygen atoms in total. The van der Waals surface area contributed by atoms with Gasteiger partial charge in [0, 0.05) is 17.7 Å². The van der Waals surface area contributed by atoms with Crippen LogP contribution < -0.4 is 0 Å². The van der Waals surface area contributed by atoms with Gasteiger partial charge in [-0.1, -0.05) is 48.6 Å². The van der Waals surface area contributed by atoms with Crippen LogP contribution in [0.4, 0.5) is 0 Å². The first-order chi connectivity index (χ1) is 7.95. The molecule has 1 heterocycles. The molecule has 0 fully saturated rings. The first-order valence-corrected chi connectivity index (χ1v) is 5.61. The van der Waals surface area contributed by atoms with Gasteiger partial charge >= 0.3 is 0 Å². The van der Waals surface area contributed by atoms with Crippen molar-refractivity contribution in [1.29, 1.82) is 0 Å². The summed E-state index contributed by atoms with van der Waals surface area (Å²) in [7, 11) is 0. The molecule has 0 aliphatic heterocycles. The monoisotopic (exact) mass is 207 g/mol. The van der Waals surface area contributed by atoms with Crippen LogP contribution in [0.5, 0.6) is 0 Å². The third-order valence-electron chi connectivity index (χ3n) is 3.02. The number of hydrogen-bond acceptors (Lipinski definition) is 1. The molecule has 1 aromatic rings. The summed E-state index contributed by atoms with van der Waals surface area (Å²) in [6, 6.07) is 4.18. The summed E-state index contributed by atoms with van der Waals surface area (Å²) in [5.41, 5.74) is 3.83. The van der Waals surface area contributed by atoms with Crippen LogP contribution in [0.2, 0.25) is 0 Å². The molecule has 2 aliphatic carbocycles. The highest BCUT2D eigenvalue weighted by atomic mass is 14.7. The molecular formula is C15H13N. The predicted octanol–water partition coefficient (Wildman–Crippen LogP) is 3.63. The van der Waals surface area contributed by atoms with Crippen molar-refractivity contribution in [3.8, 4) is 0 Å². The summed E-state index contributed by atoms with van der Waals surface area (Å²) in [5, 5.41) is 0. The van der Waals surface area contributed by atoms with Crippen molar-refractivity contribution < 1.29 is 0 Å². The molecule has 0 spiro atoms. The normalized spacial score (nSPS) is 18.4. The maximum atomic E-state index is 4.53. The maximum absolute atomic E-state index is 4.53. The van der Waals surface area contributed by atoms with E-state index in [-0.39, 0.29) is 0 Å². The molecule has 0 aromatic carbocycles. The summed E-state index contributed by atoms with van der Waals surface area (Å²) in [5.74, 6) is 0.345. The fraction of sp³-hybridized carbons (Fsp3) is 0.133. The zero-order chi connectivity index (χ0) is 10.8. The quantitative estimate of drug-likeness (QED) is 0.721. The van der Waals surface area contributed by atoms with Crippen LogP contribution in [0.15, 0.2) is 60.9 Å². The summed E-state index contributed by atoms with van der Waals surface area (Å²) in [4.78, 5) is 4.53. The van der Waals surface area contributed by atoms with Crippen molar-refractivity contribution in [2.75, 3.05) is 0 Å². The van der Waals surface area contributed by atoms with Gasteiger partial charge < -0.3 is 0 Å². The molecule has 78 valence electrons. The fourth-order valence-corrected chi connectivity index (χ4v) is 2.22. The zero-order valence-electron chi connectivity index (χ0n) is 9.01. The van der Waals surface area contributed by atoms with Gasteiger partial charge in [-0.3, -0.25) is 4.98 Å². The minimum Gasteiger partial charge on any atom is -0.260 e. The van der Waals surface area contributed by atoms with E-state index in [1.54, 1.807) is 0 Å². The Morgan fingerprint density at radius 3 is 2.75 bits per heavy atom. The second-order valence-corrected chi connectivity index (χ2v) is 4.06. The van der Waals surface area contributed by atoms with Crippen LogP contribution in [0.1, 0.15) is 23.6 Å². The van der Waals surface area contributed by atoms with Gasteiger partial charge in [-0.2, -0.15) is 0 Å². The van der Waals surface area contributed by atoms with Gasteiger partial charge in [0.15, 0.2) is 0 Å². The smallest absolute Gasteiger partial charge is 0.0585 e. The van der Waals surface area contributed by atoms with Crippen molar-refractivity contribution in [3.63, 3.8) is 0 Å². The van der Waals surface area contributed by atoms with Crippen LogP contribution in [-0.2, 0) is 0 Å². The lowest BCUT2D eigenvalue weighted by Crippen LogP contribution is -1.99. The third-order valence-corrected chi connectivity index (χ3v) is 3.02. The Labute approximate surface area is 95.5 Å². The average Bonchev–Trinajstić information content (AvgIpc) is 3.03. The molecule has 3 rings (SSSR count). The van der Waals surface area contributed by atoms with Crippen molar-refractivity contribution >= 4 is 5.57 Å². The summed E-state index contributed by atoms with van der Waals surface area (Å²) in [6.45, 7) is 0. The molecule has 1 aromatic heterocycles. The van der Waals surface area contributed by atoms with Crippen molar-refractivity contribution in [2.24, 2.45) is 0 Å². The molecule has 0 saturated heterocycles. The van der Waals surface area contributed by atoms with Gasteiger partial charge in [0.25, 0.3) is 0 Å². The Morgan fingerprint density at radius 2 is 2.00 bits per heavy atom. The van der Waals surface area contributed by atoms with E-state index in [2.05, 4.69) is 53.6 Å². The Bertz CT molecular complexity index is 506. The minimum absolute atomic E-state index is 0.345. The van der Waals surface area contributed by atoms with E-state index in [0.29, 0.717) is 5.92 Å². The van der Waals surface area contributed by atoms with Gasteiger partial charge in [0.2, 0.25) is 0 Å². The number of allylic oxidation sites excluding steroid dienone is 8. The lowest BCUT2D eigenvalue weighted by Gasteiger charge is -2.12. The molecule has 0 atom stereocenters. The largest absolute Gasteiger partial charge is 0.260 e. The SMILES string of the molecule is C1=CCC(c2cccnc2C2C=CC=C2)=C1. The zero-order valence-corrected chi connectivity index (χ0v) is 9.01. The first kappa shape index (κ1) is 9.34. The fourth-order valence-electron chi connectivity index (χ4n) is 2.22.